The first kappa shape index (κ1) is 18.9. The number of anilines is 3. The van der Waals surface area contributed by atoms with Gasteiger partial charge in [0.2, 0.25) is 0 Å². The number of benzene rings is 1. The van der Waals surface area contributed by atoms with Gasteiger partial charge < -0.3 is 11.1 Å². The molecule has 1 unspecified atom stereocenters. The largest absolute Gasteiger partial charge is 0.397 e. The second-order valence-corrected chi connectivity index (χ2v) is 6.14. The topological polar surface area (TPSA) is 71.2 Å². The maximum atomic E-state index is 12.5. The number of nitrogens with one attached hydrogen (secondary N) is 1. The van der Waals surface area contributed by atoms with E-state index in [4.69, 9.17) is 5.73 Å². The Balaban J connectivity index is 2.27. The molecule has 132 valence electrons. The van der Waals surface area contributed by atoms with Gasteiger partial charge in [0, 0.05) is 24.9 Å². The second kappa shape index (κ2) is 8.63. The molecule has 0 spiro atoms. The zero-order valence-electron chi connectivity index (χ0n) is 14.9. The molecule has 0 aliphatic rings. The average molecular weight is 356 g/mol. The summed E-state index contributed by atoms with van der Waals surface area (Å²) in [5.74, 6) is 0.552. The molecule has 0 aliphatic carbocycles. The number of rotatable bonds is 6. The summed E-state index contributed by atoms with van der Waals surface area (Å²) in [5, 5.41) is 3.00. The summed E-state index contributed by atoms with van der Waals surface area (Å²) in [6.07, 6.45) is 6.79. The summed E-state index contributed by atoms with van der Waals surface area (Å²) in [6, 6.07) is 7.69. The standard InChI is InChI=1S/C19H25N4OP/c1-4-13-11-16(20)17(12-14(13)5-2)23(25)18(24)9-8-15-7-6-10-22-19(15)21-3/h6-12H,4-5,20,25H2,1-3H3,(H,21,22)/b9-8+. The van der Waals surface area contributed by atoms with Crippen LogP contribution in [0.5, 0.6) is 0 Å². The fourth-order valence-corrected chi connectivity index (χ4v) is 2.99. The second-order valence-electron chi connectivity index (χ2n) is 5.62. The number of aryl methyl sites for hydroxylation is 2. The van der Waals surface area contributed by atoms with Gasteiger partial charge in [0.05, 0.1) is 11.4 Å². The zero-order chi connectivity index (χ0) is 18.4. The number of nitrogen functional groups attached to an aromatic ring is 1. The molecule has 5 nitrogen and oxygen atoms in total. The summed E-state index contributed by atoms with van der Waals surface area (Å²) < 4.78 is 1.50. The van der Waals surface area contributed by atoms with E-state index in [1.54, 1.807) is 19.3 Å². The Bertz CT molecular complexity index is 789. The van der Waals surface area contributed by atoms with Crippen LogP contribution in [0.25, 0.3) is 6.08 Å². The van der Waals surface area contributed by atoms with Gasteiger partial charge in [-0.1, -0.05) is 13.8 Å². The van der Waals surface area contributed by atoms with E-state index in [-0.39, 0.29) is 5.91 Å². The van der Waals surface area contributed by atoms with Crippen molar-refractivity contribution >= 4 is 38.6 Å². The number of carbonyl (C=O) groups excluding carboxylic acids is 1. The molecule has 0 saturated heterocycles. The molecule has 1 atom stereocenters. The molecule has 0 saturated carbocycles. The summed E-state index contributed by atoms with van der Waals surface area (Å²) >= 11 is 0. The highest BCUT2D eigenvalue weighted by Crippen LogP contribution is 2.31. The van der Waals surface area contributed by atoms with E-state index in [1.807, 2.05) is 24.3 Å². The fourth-order valence-electron chi connectivity index (χ4n) is 2.68. The number of carbonyl (C=O) groups is 1. The minimum Gasteiger partial charge on any atom is -0.397 e. The van der Waals surface area contributed by atoms with Crippen molar-refractivity contribution in [2.24, 2.45) is 0 Å². The number of aromatic nitrogens is 1. The Hall–Kier alpha value is -2.39. The average Bonchev–Trinajstić information content (AvgIpc) is 2.65. The first-order valence-corrected chi connectivity index (χ1v) is 8.84. The molecule has 1 aromatic heterocycles. The predicted octanol–water partition coefficient (Wildman–Crippen LogP) is 3.67. The van der Waals surface area contributed by atoms with Gasteiger partial charge in [-0.15, -0.1) is 0 Å². The molecule has 2 aromatic rings. The van der Waals surface area contributed by atoms with Gasteiger partial charge in [0.1, 0.15) is 5.82 Å². The Morgan fingerprint density at radius 1 is 1.32 bits per heavy atom. The van der Waals surface area contributed by atoms with Crippen LogP contribution in [0, 0.1) is 0 Å². The molecule has 2 rings (SSSR count). The number of nitrogens with zero attached hydrogens (tertiary/aromatic N) is 2. The van der Waals surface area contributed by atoms with Crippen molar-refractivity contribution in [2.75, 3.05) is 22.8 Å². The smallest absolute Gasteiger partial charge is 0.253 e. The number of hydrogen-bond donors (Lipinski definition) is 2. The lowest BCUT2D eigenvalue weighted by Gasteiger charge is -2.20. The van der Waals surface area contributed by atoms with E-state index >= 15 is 0 Å². The van der Waals surface area contributed by atoms with Crippen molar-refractivity contribution in [1.29, 1.82) is 0 Å². The van der Waals surface area contributed by atoms with E-state index in [9.17, 15) is 4.79 Å². The van der Waals surface area contributed by atoms with Crippen LogP contribution < -0.4 is 15.7 Å². The van der Waals surface area contributed by atoms with Gasteiger partial charge >= 0.3 is 0 Å². The normalized spacial score (nSPS) is 10.9. The fraction of sp³-hybridized carbons (Fsp3) is 0.263. The van der Waals surface area contributed by atoms with Gasteiger partial charge in [0.15, 0.2) is 0 Å². The Kier molecular flexibility index (Phi) is 6.54. The molecule has 1 amide bonds. The van der Waals surface area contributed by atoms with Crippen molar-refractivity contribution < 1.29 is 4.79 Å². The lowest BCUT2D eigenvalue weighted by Crippen LogP contribution is -2.19. The maximum Gasteiger partial charge on any atom is 0.253 e. The molecule has 0 radical (unpaired) electrons. The summed E-state index contributed by atoms with van der Waals surface area (Å²) in [6.45, 7) is 4.21. The van der Waals surface area contributed by atoms with Crippen LogP contribution >= 0.6 is 9.39 Å². The van der Waals surface area contributed by atoms with Crippen LogP contribution in [0.3, 0.4) is 0 Å². The first-order chi connectivity index (χ1) is 12.0. The predicted molar refractivity (Wildman–Crippen MR) is 110 cm³/mol. The molecular weight excluding hydrogens is 331 g/mol. The molecule has 0 aliphatic heterocycles. The highest BCUT2D eigenvalue weighted by molar-refractivity contribution is 7.21. The van der Waals surface area contributed by atoms with E-state index in [1.165, 1.54) is 21.9 Å². The highest BCUT2D eigenvalue weighted by Gasteiger charge is 2.14. The number of amides is 1. The summed E-state index contributed by atoms with van der Waals surface area (Å²) in [5.41, 5.74) is 10.7. The van der Waals surface area contributed by atoms with E-state index < -0.39 is 0 Å². The van der Waals surface area contributed by atoms with Crippen LogP contribution in [0.15, 0.2) is 36.5 Å². The lowest BCUT2D eigenvalue weighted by molar-refractivity contribution is -0.112. The van der Waals surface area contributed by atoms with Gasteiger partial charge in [0.25, 0.3) is 5.91 Å². The Morgan fingerprint density at radius 2 is 2.00 bits per heavy atom. The van der Waals surface area contributed by atoms with Crippen molar-refractivity contribution in [1.82, 2.24) is 4.98 Å². The maximum absolute atomic E-state index is 12.5. The minimum atomic E-state index is -0.172. The van der Waals surface area contributed by atoms with Crippen LogP contribution in [0.2, 0.25) is 0 Å². The quantitative estimate of drug-likeness (QED) is 0.471. The van der Waals surface area contributed by atoms with Gasteiger partial charge in [-0.05, 0) is 63.7 Å². The third kappa shape index (κ3) is 4.37. The third-order valence-corrected chi connectivity index (χ3v) is 4.62. The van der Waals surface area contributed by atoms with E-state index in [0.29, 0.717) is 11.4 Å². The van der Waals surface area contributed by atoms with Crippen LogP contribution in [-0.2, 0) is 17.6 Å². The van der Waals surface area contributed by atoms with Crippen molar-refractivity contribution in [3.05, 3.63) is 53.2 Å². The summed E-state index contributed by atoms with van der Waals surface area (Å²) in [7, 11) is 4.25. The molecule has 6 heteroatoms. The third-order valence-electron chi connectivity index (χ3n) is 4.09. The van der Waals surface area contributed by atoms with Crippen LogP contribution in [-0.4, -0.2) is 17.9 Å². The van der Waals surface area contributed by atoms with Crippen molar-refractivity contribution in [3.63, 3.8) is 0 Å². The number of nitrogens with two attached hydrogens (primary N) is 1. The molecule has 3 N–H and O–H groups in total. The van der Waals surface area contributed by atoms with Crippen molar-refractivity contribution in [3.8, 4) is 0 Å². The Morgan fingerprint density at radius 3 is 2.64 bits per heavy atom. The SMILES string of the molecule is CCc1cc(N)c(N(P)C(=O)/C=C/c2cccnc2NC)cc1CC. The molecule has 0 fully saturated rings. The van der Waals surface area contributed by atoms with E-state index in [2.05, 4.69) is 33.5 Å². The van der Waals surface area contributed by atoms with Crippen molar-refractivity contribution in [2.45, 2.75) is 26.7 Å². The lowest BCUT2D eigenvalue weighted by atomic mass is 10.0. The molecule has 0 bridgehead atoms. The number of hydrogen-bond acceptors (Lipinski definition) is 4. The van der Waals surface area contributed by atoms with Gasteiger partial charge in [-0.25, -0.2) is 4.98 Å². The molecule has 1 heterocycles. The molecule has 25 heavy (non-hydrogen) atoms. The zero-order valence-corrected chi connectivity index (χ0v) is 16.1. The van der Waals surface area contributed by atoms with Crippen LogP contribution in [0.1, 0.15) is 30.5 Å². The summed E-state index contributed by atoms with van der Waals surface area (Å²) in [4.78, 5) is 16.8. The highest BCUT2D eigenvalue weighted by atomic mass is 31.0. The van der Waals surface area contributed by atoms with E-state index in [0.717, 1.165) is 24.2 Å². The number of pyridine rings is 1. The van der Waals surface area contributed by atoms with Gasteiger partial charge in [-0.2, -0.15) is 0 Å². The Labute approximate surface area is 151 Å². The first-order valence-electron chi connectivity index (χ1n) is 8.32. The monoisotopic (exact) mass is 356 g/mol. The van der Waals surface area contributed by atoms with Crippen LogP contribution in [0.4, 0.5) is 17.2 Å². The minimum absolute atomic E-state index is 0.172. The molecule has 1 aromatic carbocycles. The molecular formula is C19H25N4OP. The van der Waals surface area contributed by atoms with Gasteiger partial charge in [-0.3, -0.25) is 9.46 Å².